The van der Waals surface area contributed by atoms with Crippen LogP contribution in [0.15, 0.2) is 0 Å². The van der Waals surface area contributed by atoms with Crippen LogP contribution in [-0.2, 0) is 4.74 Å². The van der Waals surface area contributed by atoms with Gasteiger partial charge >= 0.3 is 6.09 Å². The number of carbonyl (C=O) groups excluding carboxylic acids is 1. The van der Waals surface area contributed by atoms with Crippen LogP contribution in [0.5, 0.6) is 0 Å². The number of fused-ring (bicyclic) bond motifs is 1. The zero-order valence-electron chi connectivity index (χ0n) is 11.8. The second kappa shape index (κ2) is 5.67. The summed E-state index contributed by atoms with van der Waals surface area (Å²) in [7, 11) is 1.49. The van der Waals surface area contributed by atoms with E-state index in [2.05, 4.69) is 10.2 Å². The van der Waals surface area contributed by atoms with Gasteiger partial charge in [0.05, 0.1) is 13.2 Å². The molecule has 5 heteroatoms. The molecule has 5 nitrogen and oxygen atoms in total. The summed E-state index contributed by atoms with van der Waals surface area (Å²) in [6, 6.07) is 1.36. The lowest BCUT2D eigenvalue weighted by Gasteiger charge is -2.49. The average molecular weight is 267 g/mol. The molecule has 0 unspecified atom stereocenters. The molecule has 108 valence electrons. The normalized spacial score (nSPS) is 36.1. The van der Waals surface area contributed by atoms with E-state index >= 15 is 0 Å². The van der Waals surface area contributed by atoms with E-state index in [1.54, 1.807) is 0 Å². The fraction of sp³-hybridized carbons (Fsp3) is 0.929. The molecule has 3 rings (SSSR count). The molecule has 2 saturated heterocycles. The molecule has 0 aromatic rings. The SMILES string of the molecule is COC(=O)N1CCN[C@@H]2[C@H](N3CCCC3)CCC[C@H]21. The molecule has 19 heavy (non-hydrogen) atoms. The molecule has 0 bridgehead atoms. The highest BCUT2D eigenvalue weighted by atomic mass is 16.5. The van der Waals surface area contributed by atoms with Crippen molar-refractivity contribution in [2.24, 2.45) is 0 Å². The zero-order chi connectivity index (χ0) is 13.2. The highest BCUT2D eigenvalue weighted by Gasteiger charge is 2.43. The summed E-state index contributed by atoms with van der Waals surface area (Å²) in [5.41, 5.74) is 0. The molecule has 0 aromatic carbocycles. The minimum atomic E-state index is -0.154. The van der Waals surface area contributed by atoms with Crippen LogP contribution < -0.4 is 5.32 Å². The maximum absolute atomic E-state index is 11.9. The molecule has 3 aliphatic rings. The van der Waals surface area contributed by atoms with Gasteiger partial charge in [-0.3, -0.25) is 4.90 Å². The molecule has 0 radical (unpaired) electrons. The van der Waals surface area contributed by atoms with E-state index in [1.807, 2.05) is 4.90 Å². The third-order valence-electron chi connectivity index (χ3n) is 4.98. The Labute approximate surface area is 115 Å². The number of piperazine rings is 1. The summed E-state index contributed by atoms with van der Waals surface area (Å²) < 4.78 is 4.95. The molecule has 2 aliphatic heterocycles. The minimum absolute atomic E-state index is 0.154. The molecule has 1 N–H and O–H groups in total. The number of nitrogens with one attached hydrogen (secondary N) is 1. The number of hydrogen-bond donors (Lipinski definition) is 1. The molecular formula is C14H25N3O2. The molecule has 0 spiro atoms. The molecule has 3 atom stereocenters. The third kappa shape index (κ3) is 2.46. The summed E-state index contributed by atoms with van der Waals surface area (Å²) in [5, 5.41) is 3.67. The summed E-state index contributed by atoms with van der Waals surface area (Å²) in [6.45, 7) is 4.13. The molecule has 0 aromatic heterocycles. The standard InChI is InChI=1S/C14H25N3O2/c1-19-14(18)17-10-7-15-13-11(5-4-6-12(13)17)16-8-2-3-9-16/h11-13,15H,2-10H2,1H3/t11-,12-,13-/m1/s1. The number of nitrogens with zero attached hydrogens (tertiary/aromatic N) is 2. The highest BCUT2D eigenvalue weighted by molar-refractivity contribution is 5.68. The number of methoxy groups -OCH3 is 1. The van der Waals surface area contributed by atoms with Crippen molar-refractivity contribution in [3.8, 4) is 0 Å². The topological polar surface area (TPSA) is 44.8 Å². The van der Waals surface area contributed by atoms with Gasteiger partial charge in [0.15, 0.2) is 0 Å². The number of rotatable bonds is 1. The van der Waals surface area contributed by atoms with Crippen molar-refractivity contribution in [2.75, 3.05) is 33.3 Å². The van der Waals surface area contributed by atoms with Gasteiger partial charge in [-0.15, -0.1) is 0 Å². The molecule has 1 saturated carbocycles. The van der Waals surface area contributed by atoms with Crippen LogP contribution in [0.2, 0.25) is 0 Å². The first kappa shape index (κ1) is 13.2. The average Bonchev–Trinajstić information content (AvgIpc) is 2.99. The summed E-state index contributed by atoms with van der Waals surface area (Å²) >= 11 is 0. The lowest BCUT2D eigenvalue weighted by atomic mass is 9.83. The Morgan fingerprint density at radius 2 is 1.84 bits per heavy atom. The van der Waals surface area contributed by atoms with Gasteiger partial charge in [-0.1, -0.05) is 0 Å². The maximum Gasteiger partial charge on any atom is 0.409 e. The van der Waals surface area contributed by atoms with Gasteiger partial charge in [-0.05, 0) is 45.2 Å². The Balaban J connectivity index is 1.74. The first-order valence-corrected chi connectivity index (χ1v) is 7.63. The monoisotopic (exact) mass is 267 g/mol. The predicted octanol–water partition coefficient (Wildman–Crippen LogP) is 1.04. The van der Waals surface area contributed by atoms with E-state index in [1.165, 1.54) is 45.9 Å². The van der Waals surface area contributed by atoms with Crippen molar-refractivity contribution in [1.29, 1.82) is 0 Å². The van der Waals surface area contributed by atoms with E-state index in [0.717, 1.165) is 19.5 Å². The van der Waals surface area contributed by atoms with Crippen LogP contribution in [0.3, 0.4) is 0 Å². The Hall–Kier alpha value is -0.810. The van der Waals surface area contributed by atoms with Crippen molar-refractivity contribution in [3.63, 3.8) is 0 Å². The Kier molecular flexibility index (Phi) is 3.93. The molecular weight excluding hydrogens is 242 g/mol. The quantitative estimate of drug-likeness (QED) is 0.771. The number of hydrogen-bond acceptors (Lipinski definition) is 4. The summed E-state index contributed by atoms with van der Waals surface area (Å²) in [5.74, 6) is 0. The van der Waals surface area contributed by atoms with Crippen LogP contribution in [-0.4, -0.2) is 67.3 Å². The van der Waals surface area contributed by atoms with E-state index in [0.29, 0.717) is 18.1 Å². The fourth-order valence-electron chi connectivity index (χ4n) is 4.12. The Morgan fingerprint density at radius 3 is 2.58 bits per heavy atom. The lowest BCUT2D eigenvalue weighted by Crippen LogP contribution is -2.67. The minimum Gasteiger partial charge on any atom is -0.453 e. The van der Waals surface area contributed by atoms with Crippen LogP contribution in [0.25, 0.3) is 0 Å². The first-order valence-electron chi connectivity index (χ1n) is 7.63. The van der Waals surface area contributed by atoms with Crippen molar-refractivity contribution in [2.45, 2.75) is 50.2 Å². The van der Waals surface area contributed by atoms with E-state index < -0.39 is 0 Å². The maximum atomic E-state index is 11.9. The van der Waals surface area contributed by atoms with Crippen molar-refractivity contribution in [1.82, 2.24) is 15.1 Å². The Morgan fingerprint density at radius 1 is 1.11 bits per heavy atom. The van der Waals surface area contributed by atoms with Gasteiger partial charge in [-0.25, -0.2) is 4.79 Å². The first-order chi connectivity index (χ1) is 9.31. The van der Waals surface area contributed by atoms with E-state index in [4.69, 9.17) is 4.74 Å². The predicted molar refractivity (Wildman–Crippen MR) is 73.1 cm³/mol. The van der Waals surface area contributed by atoms with Crippen LogP contribution in [0.4, 0.5) is 4.79 Å². The number of amides is 1. The van der Waals surface area contributed by atoms with Crippen molar-refractivity contribution in [3.05, 3.63) is 0 Å². The van der Waals surface area contributed by atoms with Gasteiger partial charge in [0.2, 0.25) is 0 Å². The number of carbonyl (C=O) groups is 1. The second-order valence-corrected chi connectivity index (χ2v) is 5.95. The third-order valence-corrected chi connectivity index (χ3v) is 4.98. The number of likely N-dealkylation sites (tertiary alicyclic amines) is 1. The summed E-state index contributed by atoms with van der Waals surface area (Å²) in [4.78, 5) is 16.5. The lowest BCUT2D eigenvalue weighted by molar-refractivity contribution is 0.0286. The van der Waals surface area contributed by atoms with Crippen molar-refractivity contribution >= 4 is 6.09 Å². The van der Waals surface area contributed by atoms with Crippen LogP contribution >= 0.6 is 0 Å². The van der Waals surface area contributed by atoms with Gasteiger partial charge in [0.1, 0.15) is 0 Å². The van der Waals surface area contributed by atoms with Crippen molar-refractivity contribution < 1.29 is 9.53 Å². The van der Waals surface area contributed by atoms with E-state index in [9.17, 15) is 4.79 Å². The largest absolute Gasteiger partial charge is 0.453 e. The molecule has 3 fully saturated rings. The zero-order valence-corrected chi connectivity index (χ0v) is 11.8. The van der Waals surface area contributed by atoms with Crippen LogP contribution in [0.1, 0.15) is 32.1 Å². The fourth-order valence-corrected chi connectivity index (χ4v) is 4.12. The second-order valence-electron chi connectivity index (χ2n) is 5.95. The van der Waals surface area contributed by atoms with Gasteiger partial charge in [0, 0.05) is 25.2 Å². The molecule has 1 aliphatic carbocycles. The van der Waals surface area contributed by atoms with Gasteiger partial charge in [-0.2, -0.15) is 0 Å². The van der Waals surface area contributed by atoms with E-state index in [-0.39, 0.29) is 6.09 Å². The molecule has 2 heterocycles. The van der Waals surface area contributed by atoms with Crippen LogP contribution in [0, 0.1) is 0 Å². The smallest absolute Gasteiger partial charge is 0.409 e. The number of ether oxygens (including phenoxy) is 1. The van der Waals surface area contributed by atoms with Gasteiger partial charge in [0.25, 0.3) is 0 Å². The summed E-state index contributed by atoms with van der Waals surface area (Å²) in [6.07, 6.45) is 6.10. The van der Waals surface area contributed by atoms with Gasteiger partial charge < -0.3 is 15.0 Å². The Bertz CT molecular complexity index is 331. The molecule has 1 amide bonds. The highest BCUT2D eigenvalue weighted by Crippen LogP contribution is 2.31.